The molecule has 4 heterocycles. The lowest BCUT2D eigenvalue weighted by atomic mass is 10.2. The van der Waals surface area contributed by atoms with E-state index in [4.69, 9.17) is 9.47 Å². The van der Waals surface area contributed by atoms with E-state index in [1.165, 1.54) is 11.3 Å². The maximum absolute atomic E-state index is 12.7. The van der Waals surface area contributed by atoms with Crippen molar-refractivity contribution in [1.82, 2.24) is 19.2 Å². The largest absolute Gasteiger partial charge is 0.490 e. The van der Waals surface area contributed by atoms with Crippen LogP contribution in [0.25, 0.3) is 11.0 Å². The molecule has 0 saturated carbocycles. The fraction of sp³-hybridized carbons (Fsp3) is 0.348. The van der Waals surface area contributed by atoms with Crippen LogP contribution in [0.15, 0.2) is 46.7 Å². The number of amides is 1. The van der Waals surface area contributed by atoms with Crippen molar-refractivity contribution in [3.63, 3.8) is 0 Å². The number of rotatable bonds is 4. The molecule has 3 aromatic rings. The lowest BCUT2D eigenvalue weighted by Gasteiger charge is -2.34. The van der Waals surface area contributed by atoms with E-state index in [1.807, 2.05) is 34.6 Å². The van der Waals surface area contributed by atoms with Crippen LogP contribution in [0.1, 0.15) is 17.7 Å². The summed E-state index contributed by atoms with van der Waals surface area (Å²) in [5, 5.41) is 1.86. The average molecular weight is 453 g/mol. The average Bonchev–Trinajstić information content (AvgIpc) is 3.16. The van der Waals surface area contributed by atoms with Crippen molar-refractivity contribution in [2.24, 2.45) is 0 Å². The predicted molar refractivity (Wildman–Crippen MR) is 122 cm³/mol. The first-order valence-corrected chi connectivity index (χ1v) is 11.6. The molecule has 0 aliphatic carbocycles. The van der Waals surface area contributed by atoms with Gasteiger partial charge in [0, 0.05) is 62.9 Å². The van der Waals surface area contributed by atoms with Crippen LogP contribution in [-0.4, -0.2) is 64.5 Å². The Balaban J connectivity index is 1.16. The van der Waals surface area contributed by atoms with Crippen LogP contribution in [0.5, 0.6) is 11.5 Å². The van der Waals surface area contributed by atoms with Gasteiger partial charge in [-0.15, -0.1) is 11.3 Å². The summed E-state index contributed by atoms with van der Waals surface area (Å²) in [6.45, 7) is 4.68. The van der Waals surface area contributed by atoms with Gasteiger partial charge in [-0.2, -0.15) is 0 Å². The predicted octanol–water partition coefficient (Wildman–Crippen LogP) is 2.27. The first-order chi connectivity index (χ1) is 15.7. The van der Waals surface area contributed by atoms with E-state index in [1.54, 1.807) is 22.7 Å². The summed E-state index contributed by atoms with van der Waals surface area (Å²) in [4.78, 5) is 34.2. The zero-order valence-corrected chi connectivity index (χ0v) is 18.4. The molecule has 0 unspecified atom stereocenters. The molecule has 1 amide bonds. The molecule has 1 saturated heterocycles. The molecule has 8 nitrogen and oxygen atoms in total. The van der Waals surface area contributed by atoms with Crippen LogP contribution in [0.3, 0.4) is 0 Å². The summed E-state index contributed by atoms with van der Waals surface area (Å²) < 4.78 is 12.9. The van der Waals surface area contributed by atoms with E-state index in [2.05, 4.69) is 9.88 Å². The highest BCUT2D eigenvalue weighted by molar-refractivity contribution is 7.15. The molecule has 166 valence electrons. The van der Waals surface area contributed by atoms with Crippen LogP contribution < -0.4 is 15.0 Å². The number of aromatic nitrogens is 2. The van der Waals surface area contributed by atoms with Gasteiger partial charge in [0.1, 0.15) is 0 Å². The third-order valence-electron chi connectivity index (χ3n) is 5.62. The molecule has 0 N–H and O–H groups in total. The van der Waals surface area contributed by atoms with Crippen molar-refractivity contribution in [3.8, 4) is 11.5 Å². The molecule has 1 fully saturated rings. The van der Waals surface area contributed by atoms with Gasteiger partial charge in [-0.05, 0) is 23.8 Å². The molecule has 1 aromatic carbocycles. The van der Waals surface area contributed by atoms with Crippen LogP contribution in [0, 0.1) is 0 Å². The zero-order valence-electron chi connectivity index (χ0n) is 17.6. The van der Waals surface area contributed by atoms with Crippen LogP contribution in [-0.2, 0) is 11.3 Å². The molecule has 2 aliphatic rings. The van der Waals surface area contributed by atoms with Crippen molar-refractivity contribution >= 4 is 28.3 Å². The minimum atomic E-state index is -0.0556. The zero-order chi connectivity index (χ0) is 21.9. The number of benzene rings is 1. The first-order valence-electron chi connectivity index (χ1n) is 10.7. The second-order valence-corrected chi connectivity index (χ2v) is 8.71. The van der Waals surface area contributed by atoms with Gasteiger partial charge in [0.15, 0.2) is 16.5 Å². The van der Waals surface area contributed by atoms with Gasteiger partial charge in [-0.25, -0.2) is 4.98 Å². The lowest BCUT2D eigenvalue weighted by molar-refractivity contribution is -0.127. The number of hydrogen-bond donors (Lipinski definition) is 0. The summed E-state index contributed by atoms with van der Waals surface area (Å²) in [5.74, 6) is 1.46. The molecule has 2 aliphatic heterocycles. The van der Waals surface area contributed by atoms with Gasteiger partial charge >= 0.3 is 0 Å². The first kappa shape index (κ1) is 20.7. The quantitative estimate of drug-likeness (QED) is 0.566. The molecule has 32 heavy (non-hydrogen) atoms. The minimum absolute atomic E-state index is 0.00636. The Labute approximate surface area is 189 Å². The fourth-order valence-electron chi connectivity index (χ4n) is 3.88. The lowest BCUT2D eigenvalue weighted by Crippen LogP contribution is -2.48. The smallest absolute Gasteiger partial charge is 0.258 e. The SMILES string of the molecule is O=C(C=Cc1ccc2c(c1)OCCCO2)N1CCN(Cc2cc(=O)n3ccsc3n2)CC1. The Morgan fingerprint density at radius 2 is 1.91 bits per heavy atom. The molecular weight excluding hydrogens is 428 g/mol. The Kier molecular flexibility index (Phi) is 5.91. The molecule has 9 heteroatoms. The summed E-state index contributed by atoms with van der Waals surface area (Å²) in [5.41, 5.74) is 1.62. The Morgan fingerprint density at radius 1 is 1.09 bits per heavy atom. The van der Waals surface area contributed by atoms with E-state index in [-0.39, 0.29) is 11.5 Å². The molecule has 2 aromatic heterocycles. The third-order valence-corrected chi connectivity index (χ3v) is 6.37. The topological polar surface area (TPSA) is 76.4 Å². The van der Waals surface area contributed by atoms with E-state index in [0.717, 1.165) is 42.3 Å². The normalized spacial score (nSPS) is 17.1. The van der Waals surface area contributed by atoms with Crippen molar-refractivity contribution < 1.29 is 14.3 Å². The molecule has 0 radical (unpaired) electrons. The molecule has 0 atom stereocenters. The van der Waals surface area contributed by atoms with Crippen LogP contribution in [0.4, 0.5) is 0 Å². The molecule has 0 bridgehead atoms. The van der Waals surface area contributed by atoms with Crippen LogP contribution in [0.2, 0.25) is 0 Å². The maximum atomic E-state index is 12.7. The van der Waals surface area contributed by atoms with E-state index in [9.17, 15) is 9.59 Å². The standard InChI is InChI=1S/C23H24N4O4S/c28-21(5-3-17-2-4-19-20(14-17)31-12-1-11-30-19)26-8-6-25(7-9-26)16-18-15-22(29)27-10-13-32-23(27)24-18/h2-5,10,13-15H,1,6-9,11-12,16H2. The van der Waals surface area contributed by atoms with E-state index < -0.39 is 0 Å². The highest BCUT2D eigenvalue weighted by Crippen LogP contribution is 2.30. The highest BCUT2D eigenvalue weighted by atomic mass is 32.1. The second kappa shape index (κ2) is 9.13. The number of nitrogens with zero attached hydrogens (tertiary/aromatic N) is 4. The van der Waals surface area contributed by atoms with Gasteiger partial charge < -0.3 is 14.4 Å². The van der Waals surface area contributed by atoms with Crippen molar-refractivity contribution in [2.45, 2.75) is 13.0 Å². The third kappa shape index (κ3) is 4.53. The number of ether oxygens (including phenoxy) is 2. The fourth-order valence-corrected chi connectivity index (χ4v) is 4.62. The molecule has 0 spiro atoms. The summed E-state index contributed by atoms with van der Waals surface area (Å²) >= 11 is 1.45. The Morgan fingerprint density at radius 3 is 2.75 bits per heavy atom. The Hall–Kier alpha value is -3.17. The number of piperazine rings is 1. The molecular formula is C23H24N4O4S. The van der Waals surface area contributed by atoms with Gasteiger partial charge in [0.25, 0.3) is 5.56 Å². The highest BCUT2D eigenvalue weighted by Gasteiger charge is 2.20. The summed E-state index contributed by atoms with van der Waals surface area (Å²) in [7, 11) is 0. The van der Waals surface area contributed by atoms with Gasteiger partial charge in [-0.1, -0.05) is 6.07 Å². The van der Waals surface area contributed by atoms with Crippen LogP contribution >= 0.6 is 11.3 Å². The number of carbonyl (C=O) groups is 1. The van der Waals surface area contributed by atoms with Gasteiger partial charge in [0.2, 0.25) is 5.91 Å². The van der Waals surface area contributed by atoms with Gasteiger partial charge in [0.05, 0.1) is 18.9 Å². The van der Waals surface area contributed by atoms with Crippen molar-refractivity contribution in [1.29, 1.82) is 0 Å². The van der Waals surface area contributed by atoms with E-state index >= 15 is 0 Å². The number of hydrogen-bond acceptors (Lipinski definition) is 7. The number of carbonyl (C=O) groups excluding carboxylic acids is 1. The summed E-state index contributed by atoms with van der Waals surface area (Å²) in [6, 6.07) is 7.31. The van der Waals surface area contributed by atoms with Gasteiger partial charge in [-0.3, -0.25) is 18.9 Å². The number of thiazole rings is 1. The van der Waals surface area contributed by atoms with Crippen molar-refractivity contribution in [3.05, 3.63) is 63.5 Å². The van der Waals surface area contributed by atoms with Crippen molar-refractivity contribution in [2.75, 3.05) is 39.4 Å². The molecule has 5 rings (SSSR count). The second-order valence-electron chi connectivity index (χ2n) is 7.83. The van der Waals surface area contributed by atoms with E-state index in [0.29, 0.717) is 37.8 Å². The Bertz CT molecular complexity index is 1210. The monoisotopic (exact) mass is 452 g/mol. The maximum Gasteiger partial charge on any atom is 0.258 e. The number of fused-ring (bicyclic) bond motifs is 2. The summed E-state index contributed by atoms with van der Waals surface area (Å²) in [6.07, 6.45) is 6.03. The minimum Gasteiger partial charge on any atom is -0.490 e.